The fraction of sp³-hybridized carbons (Fsp3) is 0.312. The molecule has 0 saturated carbocycles. The first-order valence-electron chi connectivity index (χ1n) is 6.40. The van der Waals surface area contributed by atoms with E-state index in [1.54, 1.807) is 6.20 Å². The maximum Gasteiger partial charge on any atom is 0.135 e. The van der Waals surface area contributed by atoms with Crippen molar-refractivity contribution in [1.82, 2.24) is 4.98 Å². The van der Waals surface area contributed by atoms with Crippen molar-refractivity contribution in [3.63, 3.8) is 0 Å². The zero-order valence-corrected chi connectivity index (χ0v) is 12.2. The molecular formula is C16H18ClNO. The van der Waals surface area contributed by atoms with Gasteiger partial charge in [-0.1, -0.05) is 43.6 Å². The summed E-state index contributed by atoms with van der Waals surface area (Å²) in [6.45, 7) is 6.83. The highest BCUT2D eigenvalue weighted by molar-refractivity contribution is 6.30. The zero-order valence-electron chi connectivity index (χ0n) is 11.5. The van der Waals surface area contributed by atoms with E-state index in [9.17, 15) is 0 Å². The van der Waals surface area contributed by atoms with Crippen LogP contribution in [0.15, 0.2) is 36.5 Å². The predicted octanol–water partition coefficient (Wildman–Crippen LogP) is 4.75. The smallest absolute Gasteiger partial charge is 0.135 e. The molecule has 0 spiro atoms. The number of aromatic nitrogens is 1. The lowest BCUT2D eigenvalue weighted by atomic mass is 10.0. The first-order valence-corrected chi connectivity index (χ1v) is 6.78. The number of aryl methyl sites for hydroxylation is 1. The van der Waals surface area contributed by atoms with Crippen LogP contribution in [0.4, 0.5) is 0 Å². The lowest BCUT2D eigenvalue weighted by Crippen LogP contribution is -2.00. The Labute approximate surface area is 119 Å². The quantitative estimate of drug-likeness (QED) is 0.752. The Kier molecular flexibility index (Phi) is 4.43. The van der Waals surface area contributed by atoms with E-state index in [1.807, 2.05) is 19.1 Å². The third kappa shape index (κ3) is 3.48. The molecule has 0 N–H and O–H groups in total. The Morgan fingerprint density at radius 1 is 1.26 bits per heavy atom. The molecule has 0 fully saturated rings. The molecule has 0 saturated heterocycles. The number of hydrogen-bond acceptors (Lipinski definition) is 2. The molecule has 1 aromatic heterocycles. The van der Waals surface area contributed by atoms with Crippen LogP contribution in [0, 0.1) is 6.92 Å². The highest BCUT2D eigenvalue weighted by Gasteiger charge is 2.06. The number of nitrogens with zero attached hydrogens (tertiary/aromatic N) is 1. The monoisotopic (exact) mass is 275 g/mol. The molecule has 2 nitrogen and oxygen atoms in total. The molecule has 0 bridgehead atoms. The van der Waals surface area contributed by atoms with Crippen molar-refractivity contribution >= 4 is 11.6 Å². The van der Waals surface area contributed by atoms with Gasteiger partial charge in [-0.15, -0.1) is 0 Å². The third-order valence-corrected chi connectivity index (χ3v) is 3.44. The van der Waals surface area contributed by atoms with Gasteiger partial charge >= 0.3 is 0 Å². The minimum absolute atomic E-state index is 0.440. The number of rotatable bonds is 4. The van der Waals surface area contributed by atoms with Crippen molar-refractivity contribution < 1.29 is 4.74 Å². The Hall–Kier alpha value is -1.54. The zero-order chi connectivity index (χ0) is 13.8. The highest BCUT2D eigenvalue weighted by atomic mass is 35.5. The minimum Gasteiger partial charge on any atom is -0.489 e. The van der Waals surface area contributed by atoms with Gasteiger partial charge < -0.3 is 4.74 Å². The number of halogens is 1. The van der Waals surface area contributed by atoms with Crippen LogP contribution in [0.2, 0.25) is 5.15 Å². The van der Waals surface area contributed by atoms with Crippen LogP contribution in [0.25, 0.3) is 0 Å². The lowest BCUT2D eigenvalue weighted by molar-refractivity contribution is 0.303. The van der Waals surface area contributed by atoms with Crippen LogP contribution in [-0.2, 0) is 6.61 Å². The first-order chi connectivity index (χ1) is 9.08. The largest absolute Gasteiger partial charge is 0.489 e. The van der Waals surface area contributed by atoms with E-state index in [4.69, 9.17) is 16.3 Å². The van der Waals surface area contributed by atoms with E-state index in [0.717, 1.165) is 16.9 Å². The van der Waals surface area contributed by atoms with Gasteiger partial charge in [0.15, 0.2) is 0 Å². The van der Waals surface area contributed by atoms with Crippen LogP contribution in [0.5, 0.6) is 5.75 Å². The molecule has 1 heterocycles. The summed E-state index contributed by atoms with van der Waals surface area (Å²) in [4.78, 5) is 4.05. The second kappa shape index (κ2) is 6.07. The van der Waals surface area contributed by atoms with Gasteiger partial charge in [0.1, 0.15) is 17.5 Å². The van der Waals surface area contributed by atoms with Crippen molar-refractivity contribution in [1.29, 1.82) is 0 Å². The summed E-state index contributed by atoms with van der Waals surface area (Å²) < 4.78 is 5.87. The summed E-state index contributed by atoms with van der Waals surface area (Å²) in [7, 11) is 0. The van der Waals surface area contributed by atoms with E-state index in [2.05, 4.69) is 37.0 Å². The summed E-state index contributed by atoms with van der Waals surface area (Å²) in [5.74, 6) is 1.40. The fourth-order valence-corrected chi connectivity index (χ4v) is 1.99. The van der Waals surface area contributed by atoms with Gasteiger partial charge in [-0.3, -0.25) is 0 Å². The number of benzene rings is 1. The van der Waals surface area contributed by atoms with Gasteiger partial charge in [-0.2, -0.15) is 0 Å². The molecular weight excluding hydrogens is 258 g/mol. The van der Waals surface area contributed by atoms with Crippen molar-refractivity contribution in [3.05, 3.63) is 58.4 Å². The van der Waals surface area contributed by atoms with Crippen molar-refractivity contribution in [2.24, 2.45) is 0 Å². The Morgan fingerprint density at radius 3 is 2.74 bits per heavy atom. The predicted molar refractivity (Wildman–Crippen MR) is 78.8 cm³/mol. The second-order valence-corrected chi connectivity index (χ2v) is 5.28. The lowest BCUT2D eigenvalue weighted by Gasteiger charge is -2.13. The second-order valence-electron chi connectivity index (χ2n) is 4.92. The molecule has 3 heteroatoms. The van der Waals surface area contributed by atoms with E-state index in [-0.39, 0.29) is 0 Å². The normalized spacial score (nSPS) is 10.8. The maximum atomic E-state index is 6.02. The molecule has 0 amide bonds. The van der Waals surface area contributed by atoms with Gasteiger partial charge in [0.2, 0.25) is 0 Å². The molecule has 2 aromatic rings. The molecule has 19 heavy (non-hydrogen) atoms. The first kappa shape index (κ1) is 13.9. The number of ether oxygens (including phenoxy) is 1. The average Bonchev–Trinajstić information content (AvgIpc) is 2.39. The highest BCUT2D eigenvalue weighted by Crippen LogP contribution is 2.25. The number of hydrogen-bond donors (Lipinski definition) is 0. The molecule has 0 aliphatic carbocycles. The summed E-state index contributed by atoms with van der Waals surface area (Å²) >= 11 is 6.02. The molecule has 0 unspecified atom stereocenters. The summed E-state index contributed by atoms with van der Waals surface area (Å²) in [6.07, 6.45) is 1.68. The average molecular weight is 276 g/mol. The Morgan fingerprint density at radius 2 is 2.05 bits per heavy atom. The summed E-state index contributed by atoms with van der Waals surface area (Å²) in [5, 5.41) is 0.500. The van der Waals surface area contributed by atoms with Gasteiger partial charge in [0.25, 0.3) is 0 Å². The van der Waals surface area contributed by atoms with Crippen LogP contribution >= 0.6 is 11.6 Å². The molecule has 0 aliphatic heterocycles. The van der Waals surface area contributed by atoms with Crippen LogP contribution < -0.4 is 4.74 Å². The minimum atomic E-state index is 0.440. The van der Waals surface area contributed by atoms with Crippen LogP contribution in [-0.4, -0.2) is 4.98 Å². The standard InChI is InChI=1S/C16H18ClNO/c1-11(2)13-7-6-12(3)15(9-13)19-10-14-5-4-8-18-16(14)17/h4-9,11H,10H2,1-3H3. The fourth-order valence-electron chi connectivity index (χ4n) is 1.81. The van der Waals surface area contributed by atoms with Gasteiger partial charge in [0, 0.05) is 11.8 Å². The Balaban J connectivity index is 2.15. The van der Waals surface area contributed by atoms with E-state index in [0.29, 0.717) is 17.7 Å². The molecule has 2 rings (SSSR count). The summed E-state index contributed by atoms with van der Waals surface area (Å²) in [5.41, 5.74) is 3.31. The van der Waals surface area contributed by atoms with Crippen LogP contribution in [0.1, 0.15) is 36.5 Å². The Bertz CT molecular complexity index is 566. The van der Waals surface area contributed by atoms with Crippen LogP contribution in [0.3, 0.4) is 0 Å². The third-order valence-electron chi connectivity index (χ3n) is 3.10. The van der Waals surface area contributed by atoms with Gasteiger partial charge in [-0.25, -0.2) is 4.98 Å². The van der Waals surface area contributed by atoms with Crippen molar-refractivity contribution in [2.45, 2.75) is 33.3 Å². The molecule has 0 radical (unpaired) electrons. The molecule has 100 valence electrons. The van der Waals surface area contributed by atoms with E-state index < -0.39 is 0 Å². The maximum absolute atomic E-state index is 6.02. The van der Waals surface area contributed by atoms with E-state index >= 15 is 0 Å². The SMILES string of the molecule is Cc1ccc(C(C)C)cc1OCc1cccnc1Cl. The van der Waals surface area contributed by atoms with Gasteiger partial charge in [0.05, 0.1) is 0 Å². The van der Waals surface area contributed by atoms with Crippen molar-refractivity contribution in [2.75, 3.05) is 0 Å². The number of pyridine rings is 1. The van der Waals surface area contributed by atoms with Gasteiger partial charge in [-0.05, 0) is 36.1 Å². The van der Waals surface area contributed by atoms with Crippen molar-refractivity contribution in [3.8, 4) is 5.75 Å². The topological polar surface area (TPSA) is 22.1 Å². The molecule has 0 atom stereocenters. The molecule has 1 aromatic carbocycles. The molecule has 0 aliphatic rings. The summed E-state index contributed by atoms with van der Waals surface area (Å²) in [6, 6.07) is 10.1. The van der Waals surface area contributed by atoms with E-state index in [1.165, 1.54) is 5.56 Å².